The lowest BCUT2D eigenvalue weighted by molar-refractivity contribution is -0.161. The smallest absolute Gasteiger partial charge is 0.462 e. The van der Waals surface area contributed by atoms with Gasteiger partial charge < -0.3 is 33.8 Å². The van der Waals surface area contributed by atoms with E-state index in [2.05, 4.69) is 41.5 Å². The number of aliphatic hydroxyl groups excluding tert-OH is 1. The van der Waals surface area contributed by atoms with Gasteiger partial charge in [-0.25, -0.2) is 9.13 Å². The Morgan fingerprint density at radius 3 is 0.731 bits per heavy atom. The van der Waals surface area contributed by atoms with E-state index >= 15 is 0 Å². The van der Waals surface area contributed by atoms with Crippen molar-refractivity contribution in [2.45, 2.75) is 400 Å². The van der Waals surface area contributed by atoms with Gasteiger partial charge >= 0.3 is 39.5 Å². The Kier molecular flexibility index (Phi) is 64.6. The van der Waals surface area contributed by atoms with Crippen LogP contribution in [-0.4, -0.2) is 96.7 Å². The Morgan fingerprint density at radius 1 is 0.290 bits per heavy atom. The van der Waals surface area contributed by atoms with Crippen molar-refractivity contribution < 1.29 is 80.2 Å². The fraction of sp³-hybridized carbons (Fsp3) is 0.946. The van der Waals surface area contributed by atoms with Gasteiger partial charge in [-0.1, -0.05) is 330 Å². The molecule has 0 amide bonds. The topological polar surface area (TPSA) is 237 Å². The van der Waals surface area contributed by atoms with Crippen molar-refractivity contribution in [2.24, 2.45) is 11.8 Å². The van der Waals surface area contributed by atoms with Gasteiger partial charge in [-0.05, 0) is 37.5 Å². The van der Waals surface area contributed by atoms with Crippen molar-refractivity contribution in [3.8, 4) is 0 Å². The van der Waals surface area contributed by atoms with Gasteiger partial charge in [0.2, 0.25) is 0 Å². The number of esters is 4. The summed E-state index contributed by atoms with van der Waals surface area (Å²) in [5.41, 5.74) is 0. The van der Waals surface area contributed by atoms with Gasteiger partial charge in [-0.15, -0.1) is 0 Å². The summed E-state index contributed by atoms with van der Waals surface area (Å²) in [5.74, 6) is -0.662. The summed E-state index contributed by atoms with van der Waals surface area (Å²) in [5, 5.41) is 10.6. The van der Waals surface area contributed by atoms with Crippen LogP contribution in [0.1, 0.15) is 382 Å². The highest BCUT2D eigenvalue weighted by Gasteiger charge is 2.30. The molecule has 552 valence electrons. The van der Waals surface area contributed by atoms with E-state index < -0.39 is 97.5 Å². The number of ether oxygens (including phenoxy) is 4. The second-order valence-electron chi connectivity index (χ2n) is 27.6. The Balaban J connectivity index is 5.24. The van der Waals surface area contributed by atoms with Crippen LogP contribution in [0.15, 0.2) is 0 Å². The van der Waals surface area contributed by atoms with Crippen LogP contribution in [-0.2, 0) is 65.4 Å². The fourth-order valence-corrected chi connectivity index (χ4v) is 12.9. The molecule has 0 fully saturated rings. The van der Waals surface area contributed by atoms with E-state index in [1.54, 1.807) is 0 Å². The Labute approximate surface area is 568 Å². The first-order valence-electron chi connectivity index (χ1n) is 38.5. The van der Waals surface area contributed by atoms with Crippen LogP contribution in [0.25, 0.3) is 0 Å². The molecule has 0 saturated carbocycles. The molecule has 0 bridgehead atoms. The standard InChI is InChI=1S/C74H144O17P2/c1-7-9-11-13-15-17-19-21-23-25-29-33-37-44-50-56-71(76)84-62-69(90-73(78)59-53-47-39-35-31-27-26-28-32-36-42-48-54-66(3)4)64-88-92(80,81)86-60-68(75)61-87-93(82,83)89-65-70(63-85-72(77)57-51-45-41-40-43-49-55-67(5)6)91-74(79)58-52-46-38-34-30-24-22-20-18-16-14-12-10-8-2/h66-70,75H,7-65H2,1-6H3,(H,80,81)(H,82,83)/t68-,69-,70-/m1/s1. The molecule has 0 aliphatic heterocycles. The van der Waals surface area contributed by atoms with Crippen LogP contribution in [0.3, 0.4) is 0 Å². The predicted molar refractivity (Wildman–Crippen MR) is 377 cm³/mol. The highest BCUT2D eigenvalue weighted by molar-refractivity contribution is 7.47. The minimum absolute atomic E-state index is 0.107. The zero-order valence-electron chi connectivity index (χ0n) is 60.6. The summed E-state index contributed by atoms with van der Waals surface area (Å²) in [4.78, 5) is 72.7. The zero-order valence-corrected chi connectivity index (χ0v) is 62.3. The van der Waals surface area contributed by atoms with E-state index in [1.807, 2.05) is 0 Å². The number of phosphoric ester groups is 2. The van der Waals surface area contributed by atoms with E-state index in [9.17, 15) is 43.2 Å². The molecule has 93 heavy (non-hydrogen) atoms. The molecule has 0 aromatic heterocycles. The lowest BCUT2D eigenvalue weighted by Crippen LogP contribution is -2.30. The Bertz CT molecular complexity index is 1800. The monoisotopic (exact) mass is 1370 g/mol. The number of rotatable bonds is 73. The van der Waals surface area contributed by atoms with Gasteiger partial charge in [0.05, 0.1) is 26.4 Å². The Hall–Kier alpha value is -1.94. The van der Waals surface area contributed by atoms with Crippen molar-refractivity contribution >= 4 is 39.5 Å². The molecule has 0 saturated heterocycles. The van der Waals surface area contributed by atoms with Crippen molar-refractivity contribution in [2.75, 3.05) is 39.6 Å². The second-order valence-corrected chi connectivity index (χ2v) is 30.5. The van der Waals surface area contributed by atoms with E-state index in [1.165, 1.54) is 193 Å². The number of hydrogen-bond acceptors (Lipinski definition) is 15. The lowest BCUT2D eigenvalue weighted by Gasteiger charge is -2.21. The highest BCUT2D eigenvalue weighted by Crippen LogP contribution is 2.45. The van der Waals surface area contributed by atoms with Crippen molar-refractivity contribution in [3.63, 3.8) is 0 Å². The molecule has 3 N–H and O–H groups in total. The molecule has 0 radical (unpaired) electrons. The maximum Gasteiger partial charge on any atom is 0.472 e. The van der Waals surface area contributed by atoms with Crippen molar-refractivity contribution in [1.82, 2.24) is 0 Å². The fourth-order valence-electron chi connectivity index (χ4n) is 11.3. The van der Waals surface area contributed by atoms with E-state index in [0.29, 0.717) is 31.6 Å². The SMILES string of the molecule is CCCCCCCCCCCCCCCCCC(=O)OC[C@H](COP(=O)(O)OC[C@@H](O)COP(=O)(O)OC[C@@H](COC(=O)CCCCCCCCC(C)C)OC(=O)CCCCCCCCCCCCCCCC)OC(=O)CCCCCCCCCCCCCCC(C)C. The van der Waals surface area contributed by atoms with E-state index in [0.717, 1.165) is 102 Å². The van der Waals surface area contributed by atoms with E-state index in [4.69, 9.17) is 37.0 Å². The number of unbranched alkanes of at least 4 members (excludes halogenated alkanes) is 43. The molecular weight excluding hydrogens is 1220 g/mol. The summed E-state index contributed by atoms with van der Waals surface area (Å²) in [7, 11) is -9.91. The van der Waals surface area contributed by atoms with Gasteiger partial charge in [0.25, 0.3) is 0 Å². The van der Waals surface area contributed by atoms with E-state index in [-0.39, 0.29) is 25.7 Å². The van der Waals surface area contributed by atoms with Crippen LogP contribution >= 0.6 is 15.6 Å². The van der Waals surface area contributed by atoms with Crippen LogP contribution in [0.5, 0.6) is 0 Å². The molecule has 0 aliphatic rings. The third kappa shape index (κ3) is 68.4. The third-order valence-corrected chi connectivity index (χ3v) is 19.1. The number of phosphoric acid groups is 2. The average molecular weight is 1370 g/mol. The largest absolute Gasteiger partial charge is 0.472 e. The van der Waals surface area contributed by atoms with Gasteiger partial charge in [0, 0.05) is 25.7 Å². The summed E-state index contributed by atoms with van der Waals surface area (Å²) in [6, 6.07) is 0. The van der Waals surface area contributed by atoms with Gasteiger partial charge in [0.15, 0.2) is 12.2 Å². The quantitative estimate of drug-likeness (QED) is 0.0222. The summed E-state index contributed by atoms with van der Waals surface area (Å²) in [6.45, 7) is 9.52. The average Bonchev–Trinajstić information content (AvgIpc) is 1.51. The molecule has 0 heterocycles. The minimum Gasteiger partial charge on any atom is -0.462 e. The normalized spacial score (nSPS) is 14.1. The number of hydrogen-bond donors (Lipinski definition) is 3. The molecule has 5 atom stereocenters. The van der Waals surface area contributed by atoms with Gasteiger partial charge in [0.1, 0.15) is 19.3 Å². The molecule has 0 aromatic carbocycles. The summed E-state index contributed by atoms with van der Waals surface area (Å²) in [6.07, 6.45) is 52.7. The first-order valence-corrected chi connectivity index (χ1v) is 41.5. The molecular formula is C74H144O17P2. The molecule has 0 aliphatic carbocycles. The lowest BCUT2D eigenvalue weighted by atomic mass is 10.0. The molecule has 0 rings (SSSR count). The molecule has 19 heteroatoms. The summed E-state index contributed by atoms with van der Waals surface area (Å²) < 4.78 is 68.4. The molecule has 2 unspecified atom stereocenters. The van der Waals surface area contributed by atoms with Crippen LogP contribution in [0, 0.1) is 11.8 Å². The Morgan fingerprint density at radius 2 is 0.495 bits per heavy atom. The van der Waals surface area contributed by atoms with Crippen molar-refractivity contribution in [3.05, 3.63) is 0 Å². The number of aliphatic hydroxyl groups is 1. The maximum absolute atomic E-state index is 13.1. The maximum atomic E-state index is 13.1. The second kappa shape index (κ2) is 66.0. The van der Waals surface area contributed by atoms with Crippen LogP contribution in [0.2, 0.25) is 0 Å². The van der Waals surface area contributed by atoms with Crippen LogP contribution in [0.4, 0.5) is 0 Å². The molecule has 0 spiro atoms. The minimum atomic E-state index is -4.96. The predicted octanol–water partition coefficient (Wildman–Crippen LogP) is 21.6. The van der Waals surface area contributed by atoms with Crippen LogP contribution < -0.4 is 0 Å². The van der Waals surface area contributed by atoms with Crippen molar-refractivity contribution in [1.29, 1.82) is 0 Å². The first-order chi connectivity index (χ1) is 44.9. The van der Waals surface area contributed by atoms with Gasteiger partial charge in [-0.3, -0.25) is 37.3 Å². The molecule has 17 nitrogen and oxygen atoms in total. The van der Waals surface area contributed by atoms with Gasteiger partial charge in [-0.2, -0.15) is 0 Å². The number of carbonyl (C=O) groups is 4. The summed E-state index contributed by atoms with van der Waals surface area (Å²) >= 11 is 0. The molecule has 0 aromatic rings. The highest BCUT2D eigenvalue weighted by atomic mass is 31.2. The number of carbonyl (C=O) groups excluding carboxylic acids is 4. The zero-order chi connectivity index (χ0) is 68.6. The third-order valence-electron chi connectivity index (χ3n) is 17.2. The first kappa shape index (κ1) is 91.1.